The van der Waals surface area contributed by atoms with Crippen LogP contribution < -0.4 is 10.1 Å². The third kappa shape index (κ3) is 4.68. The van der Waals surface area contributed by atoms with Gasteiger partial charge < -0.3 is 14.6 Å². The molecule has 0 spiro atoms. The minimum atomic E-state index is -3.40. The number of nitrogens with zero attached hydrogens (tertiary/aromatic N) is 5. The number of hydrogen-bond acceptors (Lipinski definition) is 6. The van der Waals surface area contributed by atoms with Gasteiger partial charge in [0.2, 0.25) is 0 Å². The highest BCUT2D eigenvalue weighted by Crippen LogP contribution is 2.35. The van der Waals surface area contributed by atoms with Crippen molar-refractivity contribution in [3.63, 3.8) is 0 Å². The molecule has 11 heteroatoms. The van der Waals surface area contributed by atoms with E-state index >= 15 is 0 Å². The molecule has 0 radical (unpaired) electrons. The molecule has 4 aromatic rings. The molecule has 190 valence electrons. The van der Waals surface area contributed by atoms with E-state index in [2.05, 4.69) is 60.0 Å². The van der Waals surface area contributed by atoms with Crippen LogP contribution in [0.5, 0.6) is 5.75 Å². The maximum atomic E-state index is 12.5. The smallest absolute Gasteiger partial charge is 0.281 e. The van der Waals surface area contributed by atoms with Crippen molar-refractivity contribution in [3.8, 4) is 5.75 Å². The second-order valence-electron chi connectivity index (χ2n) is 9.12. The molecule has 1 saturated heterocycles. The molecule has 2 aromatic carbocycles. The Kier molecular flexibility index (Phi) is 6.90. The van der Waals surface area contributed by atoms with Gasteiger partial charge in [-0.25, -0.2) is 9.97 Å². The zero-order valence-corrected chi connectivity index (χ0v) is 22.9. The standard InChI is InChI=1S/C25H29BrN6O3S/c1-30(2)36(33,34)31-12-10-19(11-13-31)29-24-23-21-14-18(26)6-9-22(21)32(25(23)28-16-27-24)15-17-4-7-20(35-3)8-5-17/h4-9,14,16,19H,10-13,15H2,1-3H3,(H,27,28,29). The Morgan fingerprint density at radius 2 is 1.83 bits per heavy atom. The molecule has 1 aliphatic rings. The van der Waals surface area contributed by atoms with Gasteiger partial charge >= 0.3 is 0 Å². The van der Waals surface area contributed by atoms with Crippen molar-refractivity contribution in [2.75, 3.05) is 39.6 Å². The topological polar surface area (TPSA) is 92.6 Å². The quantitative estimate of drug-likeness (QED) is 0.358. The van der Waals surface area contributed by atoms with Gasteiger partial charge in [0.1, 0.15) is 23.5 Å². The van der Waals surface area contributed by atoms with E-state index in [1.54, 1.807) is 31.8 Å². The summed E-state index contributed by atoms with van der Waals surface area (Å²) in [6.07, 6.45) is 2.99. The first-order valence-corrected chi connectivity index (χ1v) is 14.0. The van der Waals surface area contributed by atoms with Crippen LogP contribution in [0.2, 0.25) is 0 Å². The van der Waals surface area contributed by atoms with E-state index in [0.29, 0.717) is 32.5 Å². The summed E-state index contributed by atoms with van der Waals surface area (Å²) in [5, 5.41) is 5.62. The van der Waals surface area contributed by atoms with Crippen LogP contribution in [0.4, 0.5) is 5.82 Å². The van der Waals surface area contributed by atoms with Crippen molar-refractivity contribution in [2.45, 2.75) is 25.4 Å². The highest BCUT2D eigenvalue weighted by Gasteiger charge is 2.30. The number of halogens is 1. The number of rotatable bonds is 7. The number of benzene rings is 2. The number of anilines is 1. The molecule has 0 atom stereocenters. The highest BCUT2D eigenvalue weighted by molar-refractivity contribution is 9.10. The molecule has 0 aliphatic carbocycles. The molecule has 2 aromatic heterocycles. The number of ether oxygens (including phenoxy) is 1. The van der Waals surface area contributed by atoms with Crippen LogP contribution in [0, 0.1) is 0 Å². The minimum absolute atomic E-state index is 0.115. The van der Waals surface area contributed by atoms with Gasteiger partial charge in [0.25, 0.3) is 10.2 Å². The maximum Gasteiger partial charge on any atom is 0.281 e. The lowest BCUT2D eigenvalue weighted by Gasteiger charge is -2.33. The predicted molar refractivity (Wildman–Crippen MR) is 146 cm³/mol. The first-order valence-electron chi connectivity index (χ1n) is 11.8. The van der Waals surface area contributed by atoms with Gasteiger partial charge in [-0.05, 0) is 48.7 Å². The average molecular weight is 574 g/mol. The molecule has 36 heavy (non-hydrogen) atoms. The first-order chi connectivity index (χ1) is 17.3. The third-order valence-electron chi connectivity index (χ3n) is 6.68. The normalized spacial score (nSPS) is 15.7. The molecular formula is C25H29BrN6O3S. The fourth-order valence-electron chi connectivity index (χ4n) is 4.73. The summed E-state index contributed by atoms with van der Waals surface area (Å²) in [6, 6.07) is 14.4. The Bertz CT molecular complexity index is 1500. The minimum Gasteiger partial charge on any atom is -0.497 e. The SMILES string of the molecule is COc1ccc(Cn2c3ccc(Br)cc3c3c(NC4CCN(S(=O)(=O)N(C)C)CC4)ncnc32)cc1. The Balaban J connectivity index is 1.48. The third-order valence-corrected chi connectivity index (χ3v) is 9.12. The Labute approximate surface area is 219 Å². The molecule has 1 aliphatic heterocycles. The van der Waals surface area contributed by atoms with Crippen LogP contribution in [-0.4, -0.2) is 71.9 Å². The van der Waals surface area contributed by atoms with Crippen LogP contribution in [-0.2, 0) is 16.8 Å². The molecule has 0 bridgehead atoms. The molecule has 5 rings (SSSR count). The number of aromatic nitrogens is 3. The summed E-state index contributed by atoms with van der Waals surface area (Å²) in [4.78, 5) is 9.29. The number of hydrogen-bond donors (Lipinski definition) is 1. The van der Waals surface area contributed by atoms with Crippen LogP contribution in [0.3, 0.4) is 0 Å². The molecule has 1 fully saturated rings. The Morgan fingerprint density at radius 1 is 1.11 bits per heavy atom. The van der Waals surface area contributed by atoms with Crippen molar-refractivity contribution in [1.82, 2.24) is 23.1 Å². The lowest BCUT2D eigenvalue weighted by atomic mass is 10.1. The van der Waals surface area contributed by atoms with E-state index in [1.165, 1.54) is 4.31 Å². The fraction of sp³-hybridized carbons (Fsp3) is 0.360. The summed E-state index contributed by atoms with van der Waals surface area (Å²) >= 11 is 3.62. The average Bonchev–Trinajstić information content (AvgIpc) is 3.18. The first kappa shape index (κ1) is 24.9. The Hall–Kier alpha value is -2.73. The molecule has 3 heterocycles. The van der Waals surface area contributed by atoms with Crippen molar-refractivity contribution < 1.29 is 13.2 Å². The molecule has 0 unspecified atom stereocenters. The molecule has 1 N–H and O–H groups in total. The van der Waals surface area contributed by atoms with Crippen molar-refractivity contribution >= 4 is 53.9 Å². The highest BCUT2D eigenvalue weighted by atomic mass is 79.9. The van der Waals surface area contributed by atoms with Gasteiger partial charge in [-0.3, -0.25) is 0 Å². The zero-order valence-electron chi connectivity index (χ0n) is 20.5. The second-order valence-corrected chi connectivity index (χ2v) is 12.2. The zero-order chi connectivity index (χ0) is 25.4. The molecule has 0 amide bonds. The largest absolute Gasteiger partial charge is 0.497 e. The second kappa shape index (κ2) is 9.97. The van der Waals surface area contributed by atoms with Gasteiger partial charge in [-0.1, -0.05) is 28.1 Å². The summed E-state index contributed by atoms with van der Waals surface area (Å²) < 4.78 is 36.3. The van der Waals surface area contributed by atoms with Gasteiger partial charge in [-0.2, -0.15) is 17.0 Å². The van der Waals surface area contributed by atoms with E-state index in [1.807, 2.05) is 18.2 Å². The van der Waals surface area contributed by atoms with Crippen LogP contribution in [0.1, 0.15) is 18.4 Å². The van der Waals surface area contributed by atoms with Crippen LogP contribution in [0.15, 0.2) is 53.3 Å². The Morgan fingerprint density at radius 3 is 2.50 bits per heavy atom. The molecule has 0 saturated carbocycles. The number of nitrogens with one attached hydrogen (secondary N) is 1. The number of fused-ring (bicyclic) bond motifs is 3. The predicted octanol–water partition coefficient (Wildman–Crippen LogP) is 4.09. The van der Waals surface area contributed by atoms with Gasteiger partial charge in [0, 0.05) is 49.6 Å². The van der Waals surface area contributed by atoms with E-state index in [4.69, 9.17) is 4.74 Å². The summed E-state index contributed by atoms with van der Waals surface area (Å²) in [5.74, 6) is 1.59. The fourth-order valence-corrected chi connectivity index (χ4v) is 6.22. The lowest BCUT2D eigenvalue weighted by Crippen LogP contribution is -2.46. The van der Waals surface area contributed by atoms with E-state index < -0.39 is 10.2 Å². The molecular weight excluding hydrogens is 544 g/mol. The summed E-state index contributed by atoms with van der Waals surface area (Å²) in [7, 11) is 1.40. The van der Waals surface area contributed by atoms with Crippen molar-refractivity contribution in [2.24, 2.45) is 0 Å². The van der Waals surface area contributed by atoms with Crippen LogP contribution in [0.25, 0.3) is 21.9 Å². The van der Waals surface area contributed by atoms with E-state index in [0.717, 1.165) is 43.5 Å². The van der Waals surface area contributed by atoms with E-state index in [9.17, 15) is 8.42 Å². The summed E-state index contributed by atoms with van der Waals surface area (Å²) in [6.45, 7) is 1.59. The van der Waals surface area contributed by atoms with Crippen molar-refractivity contribution in [3.05, 3.63) is 58.8 Å². The monoisotopic (exact) mass is 572 g/mol. The van der Waals surface area contributed by atoms with Crippen LogP contribution >= 0.6 is 15.9 Å². The lowest BCUT2D eigenvalue weighted by molar-refractivity contribution is 0.311. The number of piperidine rings is 1. The summed E-state index contributed by atoms with van der Waals surface area (Å²) in [5.41, 5.74) is 3.06. The number of methoxy groups -OCH3 is 1. The van der Waals surface area contributed by atoms with Crippen molar-refractivity contribution in [1.29, 1.82) is 0 Å². The van der Waals surface area contributed by atoms with Gasteiger partial charge in [0.15, 0.2) is 0 Å². The maximum absolute atomic E-state index is 12.5. The molecule has 9 nitrogen and oxygen atoms in total. The van der Waals surface area contributed by atoms with E-state index in [-0.39, 0.29) is 6.04 Å². The van der Waals surface area contributed by atoms with Gasteiger partial charge in [0.05, 0.1) is 18.0 Å². The van der Waals surface area contributed by atoms with Gasteiger partial charge in [-0.15, -0.1) is 0 Å².